The summed E-state index contributed by atoms with van der Waals surface area (Å²) >= 11 is 0. The molecule has 1 saturated heterocycles. The maximum Gasteiger partial charge on any atom is 0.319 e. The lowest BCUT2D eigenvalue weighted by Crippen LogP contribution is -2.34. The minimum absolute atomic E-state index is 0. The standard InChI is InChI=1S/C21H21N3O4.2H2/c1-12-15-6-4-5-7-17(15)27-19(12)13(2)22-20(25)23-14-8-9-16-18(10-14)28-21(11-26-21)24(16)3;;/h4-10,13H,11H2,1-3H3,(H2,22,23,25);2*1H/t13-,21?;;/m1../s1. The summed E-state index contributed by atoms with van der Waals surface area (Å²) in [5, 5.41) is 6.85. The molecule has 1 unspecified atom stereocenters. The largest absolute Gasteiger partial charge is 0.459 e. The van der Waals surface area contributed by atoms with Crippen molar-refractivity contribution in [1.82, 2.24) is 5.32 Å². The maximum atomic E-state index is 12.5. The number of hydrogen-bond donors (Lipinski definition) is 2. The summed E-state index contributed by atoms with van der Waals surface area (Å²) in [6.07, 6.45) is 0. The van der Waals surface area contributed by atoms with E-state index in [9.17, 15) is 4.79 Å². The molecule has 2 aliphatic heterocycles. The van der Waals surface area contributed by atoms with Gasteiger partial charge in [-0.25, -0.2) is 4.79 Å². The minimum Gasteiger partial charge on any atom is -0.459 e. The second-order valence-corrected chi connectivity index (χ2v) is 7.25. The van der Waals surface area contributed by atoms with Gasteiger partial charge in [-0.1, -0.05) is 18.2 Å². The van der Waals surface area contributed by atoms with Crippen LogP contribution in [0.3, 0.4) is 0 Å². The van der Waals surface area contributed by atoms with Crippen LogP contribution in [0.2, 0.25) is 0 Å². The van der Waals surface area contributed by atoms with Crippen molar-refractivity contribution < 1.29 is 21.5 Å². The molecule has 7 nitrogen and oxygen atoms in total. The zero-order chi connectivity index (χ0) is 19.5. The summed E-state index contributed by atoms with van der Waals surface area (Å²) in [4.78, 5) is 14.4. The zero-order valence-corrected chi connectivity index (χ0v) is 15.9. The van der Waals surface area contributed by atoms with Gasteiger partial charge in [-0.2, -0.15) is 0 Å². The number of fused-ring (bicyclic) bond motifs is 2. The first-order chi connectivity index (χ1) is 13.5. The quantitative estimate of drug-likeness (QED) is 0.645. The Morgan fingerprint density at radius 3 is 2.82 bits per heavy atom. The van der Waals surface area contributed by atoms with E-state index in [-0.39, 0.29) is 14.9 Å². The summed E-state index contributed by atoms with van der Waals surface area (Å²) in [7, 11) is 1.93. The summed E-state index contributed by atoms with van der Waals surface area (Å²) in [6, 6.07) is 12.8. The van der Waals surface area contributed by atoms with Crippen molar-refractivity contribution >= 4 is 28.4 Å². The Morgan fingerprint density at radius 1 is 1.29 bits per heavy atom. The number of carbonyl (C=O) groups excluding carboxylic acids is 1. The summed E-state index contributed by atoms with van der Waals surface area (Å²) in [5.41, 5.74) is 3.44. The predicted octanol–water partition coefficient (Wildman–Crippen LogP) is 4.63. The first-order valence-electron chi connectivity index (χ1n) is 9.23. The smallest absolute Gasteiger partial charge is 0.319 e. The lowest BCUT2D eigenvalue weighted by atomic mass is 10.1. The van der Waals surface area contributed by atoms with Gasteiger partial charge >= 0.3 is 11.9 Å². The molecular weight excluding hydrogens is 358 g/mol. The number of rotatable bonds is 3. The second kappa shape index (κ2) is 5.90. The number of epoxide rings is 1. The van der Waals surface area contributed by atoms with Gasteiger partial charge in [0.1, 0.15) is 18.0 Å². The van der Waals surface area contributed by atoms with Gasteiger partial charge in [0.15, 0.2) is 5.75 Å². The Balaban J connectivity index is 0.00000128. The van der Waals surface area contributed by atoms with Crippen molar-refractivity contribution in [2.24, 2.45) is 0 Å². The molecule has 2 N–H and O–H groups in total. The first-order valence-corrected chi connectivity index (χ1v) is 9.23. The molecule has 0 radical (unpaired) electrons. The molecule has 2 aromatic carbocycles. The van der Waals surface area contributed by atoms with Crippen LogP contribution >= 0.6 is 0 Å². The maximum absolute atomic E-state index is 12.5. The second-order valence-electron chi connectivity index (χ2n) is 7.25. The lowest BCUT2D eigenvalue weighted by Gasteiger charge is -2.15. The molecule has 148 valence electrons. The summed E-state index contributed by atoms with van der Waals surface area (Å²) < 4.78 is 17.2. The Kier molecular flexibility index (Phi) is 3.57. The molecule has 0 saturated carbocycles. The lowest BCUT2D eigenvalue weighted by molar-refractivity contribution is 0.0832. The fraction of sp³-hybridized carbons (Fsp3) is 0.286. The third kappa shape index (κ3) is 2.58. The van der Waals surface area contributed by atoms with Crippen LogP contribution in [0.15, 0.2) is 46.9 Å². The molecular formula is C21H25N3O4. The Bertz CT molecular complexity index is 1100. The Morgan fingerprint density at radius 2 is 2.07 bits per heavy atom. The van der Waals surface area contributed by atoms with Gasteiger partial charge < -0.3 is 29.4 Å². The monoisotopic (exact) mass is 383 g/mol. The third-order valence-electron chi connectivity index (χ3n) is 5.37. The molecule has 0 bridgehead atoms. The molecule has 2 atom stereocenters. The molecule has 2 aliphatic rings. The van der Waals surface area contributed by atoms with Crippen LogP contribution in [-0.4, -0.2) is 25.6 Å². The highest BCUT2D eigenvalue weighted by atomic mass is 16.8. The number of ether oxygens (including phenoxy) is 2. The van der Waals surface area contributed by atoms with Gasteiger partial charge in [0.25, 0.3) is 0 Å². The SMILES string of the molecule is Cc1c([C@@H](C)NC(=O)Nc2ccc3c(c2)OC2(CO2)N3C)oc2ccccc12.[HH].[HH]. The van der Waals surface area contributed by atoms with Crippen molar-refractivity contribution in [3.05, 3.63) is 53.8 Å². The predicted molar refractivity (Wildman–Crippen MR) is 110 cm³/mol. The molecule has 28 heavy (non-hydrogen) atoms. The average molecular weight is 383 g/mol. The molecule has 2 amide bonds. The first kappa shape index (κ1) is 16.9. The summed E-state index contributed by atoms with van der Waals surface area (Å²) in [6.45, 7) is 4.44. The number of para-hydroxylation sites is 1. The van der Waals surface area contributed by atoms with E-state index in [1.165, 1.54) is 0 Å². The van der Waals surface area contributed by atoms with Gasteiger partial charge in [0.2, 0.25) is 0 Å². The van der Waals surface area contributed by atoms with E-state index in [0.29, 0.717) is 18.0 Å². The van der Waals surface area contributed by atoms with E-state index >= 15 is 0 Å². The highest BCUT2D eigenvalue weighted by Crippen LogP contribution is 2.48. The normalized spacial score (nSPS) is 20.8. The number of nitrogens with one attached hydrogen (secondary N) is 2. The Hall–Kier alpha value is -3.19. The minimum atomic E-state index is -0.656. The molecule has 3 aromatic rings. The van der Waals surface area contributed by atoms with Crippen LogP contribution in [0.4, 0.5) is 16.2 Å². The molecule has 3 heterocycles. The number of amides is 2. The Labute approximate surface area is 165 Å². The number of aryl methyl sites for hydroxylation is 1. The molecule has 5 rings (SSSR count). The molecule has 7 heteroatoms. The van der Waals surface area contributed by atoms with Crippen LogP contribution < -0.4 is 20.3 Å². The van der Waals surface area contributed by atoms with E-state index in [4.69, 9.17) is 13.9 Å². The van der Waals surface area contributed by atoms with Gasteiger partial charge in [-0.15, -0.1) is 0 Å². The zero-order valence-electron chi connectivity index (χ0n) is 15.9. The van der Waals surface area contributed by atoms with Crippen molar-refractivity contribution in [1.29, 1.82) is 0 Å². The van der Waals surface area contributed by atoms with Crippen LogP contribution in [0.25, 0.3) is 11.0 Å². The van der Waals surface area contributed by atoms with Gasteiger partial charge in [0.05, 0.1) is 11.7 Å². The number of anilines is 2. The van der Waals surface area contributed by atoms with Gasteiger partial charge in [-0.05, 0) is 32.0 Å². The number of benzene rings is 2. The number of carbonyl (C=O) groups is 1. The van der Waals surface area contributed by atoms with Crippen LogP contribution in [0.5, 0.6) is 5.75 Å². The van der Waals surface area contributed by atoms with Crippen molar-refractivity contribution in [3.8, 4) is 5.75 Å². The number of likely N-dealkylation sites (N-methyl/N-ethyl adjacent to an activating group) is 1. The van der Waals surface area contributed by atoms with Crippen LogP contribution in [0.1, 0.15) is 27.1 Å². The molecule has 1 aromatic heterocycles. The highest BCUT2D eigenvalue weighted by Gasteiger charge is 2.57. The topological polar surface area (TPSA) is 79.3 Å². The van der Waals surface area contributed by atoms with E-state index in [1.807, 2.05) is 62.2 Å². The van der Waals surface area contributed by atoms with E-state index in [2.05, 4.69) is 10.6 Å². The molecule has 0 aliphatic carbocycles. The van der Waals surface area contributed by atoms with E-state index in [0.717, 1.165) is 28.0 Å². The van der Waals surface area contributed by atoms with Crippen molar-refractivity contribution in [3.63, 3.8) is 0 Å². The number of furan rings is 1. The van der Waals surface area contributed by atoms with Gasteiger partial charge in [-0.3, -0.25) is 0 Å². The van der Waals surface area contributed by atoms with Crippen LogP contribution in [-0.2, 0) is 4.74 Å². The molecule has 1 spiro atoms. The fourth-order valence-corrected chi connectivity index (χ4v) is 3.72. The van der Waals surface area contributed by atoms with Crippen LogP contribution in [0, 0.1) is 6.92 Å². The van der Waals surface area contributed by atoms with E-state index in [1.54, 1.807) is 6.07 Å². The average Bonchev–Trinajstić information content (AvgIpc) is 3.30. The van der Waals surface area contributed by atoms with Crippen molar-refractivity contribution in [2.45, 2.75) is 25.8 Å². The number of nitrogens with zero attached hydrogens (tertiary/aromatic N) is 1. The number of urea groups is 1. The fourth-order valence-electron chi connectivity index (χ4n) is 3.72. The number of hydrogen-bond acceptors (Lipinski definition) is 5. The third-order valence-corrected chi connectivity index (χ3v) is 5.37. The van der Waals surface area contributed by atoms with Gasteiger partial charge in [0, 0.05) is 32.6 Å². The molecule has 1 fully saturated rings. The highest BCUT2D eigenvalue weighted by molar-refractivity contribution is 5.90. The summed E-state index contributed by atoms with van der Waals surface area (Å²) in [5.74, 6) is 0.790. The van der Waals surface area contributed by atoms with Crippen molar-refractivity contribution in [2.75, 3.05) is 23.9 Å². The van der Waals surface area contributed by atoms with E-state index < -0.39 is 5.91 Å².